The number of halogens is 6. The molecule has 0 atom stereocenters. The zero-order valence-corrected chi connectivity index (χ0v) is 9.51. The molecule has 0 spiro atoms. The van der Waals surface area contributed by atoms with E-state index in [1.165, 1.54) is 6.07 Å². The molecule has 0 N–H and O–H groups in total. The van der Waals surface area contributed by atoms with Gasteiger partial charge in [-0.15, -0.1) is 0 Å². The third-order valence-corrected chi connectivity index (χ3v) is 2.18. The van der Waals surface area contributed by atoms with Crippen LogP contribution in [0.5, 0.6) is 0 Å². The van der Waals surface area contributed by atoms with Crippen LogP contribution in [0.25, 0.3) is 6.08 Å². The maximum atomic E-state index is 12.6. The largest absolute Gasteiger partial charge is 0.454 e. The van der Waals surface area contributed by atoms with Crippen molar-refractivity contribution in [3.63, 3.8) is 0 Å². The molecule has 0 saturated heterocycles. The molecule has 1 aromatic carbocycles. The number of hydrogen-bond acceptors (Lipinski definition) is 2. The lowest BCUT2D eigenvalue weighted by Crippen LogP contribution is -2.19. The molecule has 1 aromatic rings. The van der Waals surface area contributed by atoms with Crippen LogP contribution in [0.15, 0.2) is 24.3 Å². The maximum absolute atomic E-state index is 12.6. The number of ketones is 1. The van der Waals surface area contributed by atoms with Crippen molar-refractivity contribution in [2.24, 2.45) is 0 Å². The first-order valence-corrected chi connectivity index (χ1v) is 4.96. The van der Waals surface area contributed by atoms with Gasteiger partial charge in [0.15, 0.2) is 0 Å². The topological polar surface area (TPSA) is 40.9 Å². The standard InChI is InChI=1S/C12H5F6NO/c13-11(14,15)9-5-7(1-3-8(9)6-19)2-4-10(20)12(16,17)18/h1-5H/b4-2+. The number of rotatable bonds is 2. The smallest absolute Gasteiger partial charge is 0.285 e. The normalized spacial score (nSPS) is 12.4. The van der Waals surface area contributed by atoms with E-state index < -0.39 is 29.3 Å². The number of allylic oxidation sites excluding steroid dienone is 1. The second-order valence-electron chi connectivity index (χ2n) is 3.61. The zero-order chi connectivity index (χ0) is 15.6. The number of alkyl halides is 6. The van der Waals surface area contributed by atoms with E-state index in [2.05, 4.69) is 0 Å². The number of benzene rings is 1. The van der Waals surface area contributed by atoms with Gasteiger partial charge in [0.25, 0.3) is 5.78 Å². The predicted molar refractivity (Wildman–Crippen MR) is 56.3 cm³/mol. The van der Waals surface area contributed by atoms with Crippen molar-refractivity contribution in [3.05, 3.63) is 41.0 Å². The molecule has 0 bridgehead atoms. The molecular weight excluding hydrogens is 288 g/mol. The van der Waals surface area contributed by atoms with Crippen LogP contribution in [-0.2, 0) is 11.0 Å². The van der Waals surface area contributed by atoms with E-state index in [0.717, 1.165) is 12.1 Å². The Morgan fingerprint density at radius 2 is 1.75 bits per heavy atom. The highest BCUT2D eigenvalue weighted by Crippen LogP contribution is 2.32. The number of hydrogen-bond donors (Lipinski definition) is 0. The van der Waals surface area contributed by atoms with Gasteiger partial charge in [-0.3, -0.25) is 4.79 Å². The summed E-state index contributed by atoms with van der Waals surface area (Å²) in [6.45, 7) is 0. The Hall–Kier alpha value is -2.30. The van der Waals surface area contributed by atoms with Crippen molar-refractivity contribution in [3.8, 4) is 6.07 Å². The average molecular weight is 293 g/mol. The third-order valence-electron chi connectivity index (χ3n) is 2.18. The summed E-state index contributed by atoms with van der Waals surface area (Å²) >= 11 is 0. The lowest BCUT2D eigenvalue weighted by molar-refractivity contribution is -0.165. The molecule has 0 aliphatic heterocycles. The molecule has 0 aliphatic rings. The maximum Gasteiger partial charge on any atom is 0.454 e. The third kappa shape index (κ3) is 3.85. The van der Waals surface area contributed by atoms with Gasteiger partial charge in [-0.05, 0) is 23.8 Å². The first kappa shape index (κ1) is 15.8. The number of nitrogens with zero attached hydrogens (tertiary/aromatic N) is 1. The average Bonchev–Trinajstić information content (AvgIpc) is 2.33. The molecule has 0 radical (unpaired) electrons. The SMILES string of the molecule is N#Cc1ccc(/C=C/C(=O)C(F)(F)F)cc1C(F)(F)F. The first-order valence-electron chi connectivity index (χ1n) is 4.96. The molecule has 8 heteroatoms. The van der Waals surface area contributed by atoms with Crippen LogP contribution in [0.2, 0.25) is 0 Å². The fourth-order valence-corrected chi connectivity index (χ4v) is 1.26. The fraction of sp³-hybridized carbons (Fsp3) is 0.167. The Kier molecular flexibility index (Phi) is 4.23. The monoisotopic (exact) mass is 293 g/mol. The molecule has 0 fully saturated rings. The molecule has 0 amide bonds. The Morgan fingerprint density at radius 3 is 2.20 bits per heavy atom. The lowest BCUT2D eigenvalue weighted by atomic mass is 10.0. The van der Waals surface area contributed by atoms with E-state index in [9.17, 15) is 31.1 Å². The van der Waals surface area contributed by atoms with Crippen LogP contribution in [-0.4, -0.2) is 12.0 Å². The summed E-state index contributed by atoms with van der Waals surface area (Å²) in [4.78, 5) is 10.6. The molecule has 2 nitrogen and oxygen atoms in total. The van der Waals surface area contributed by atoms with Gasteiger partial charge >= 0.3 is 12.4 Å². The lowest BCUT2D eigenvalue weighted by Gasteiger charge is -2.09. The number of nitriles is 1. The van der Waals surface area contributed by atoms with Crippen molar-refractivity contribution in [1.29, 1.82) is 5.26 Å². The van der Waals surface area contributed by atoms with Crippen molar-refractivity contribution in [2.45, 2.75) is 12.4 Å². The summed E-state index contributed by atoms with van der Waals surface area (Å²) in [5.41, 5.74) is -2.20. The van der Waals surface area contributed by atoms with E-state index in [0.29, 0.717) is 12.1 Å². The first-order chi connectivity index (χ1) is 9.05. The van der Waals surface area contributed by atoms with Gasteiger partial charge in [-0.2, -0.15) is 31.6 Å². The summed E-state index contributed by atoms with van der Waals surface area (Å²) in [6, 6.07) is 3.65. The van der Waals surface area contributed by atoms with Gasteiger partial charge < -0.3 is 0 Å². The number of carbonyl (C=O) groups is 1. The highest BCUT2D eigenvalue weighted by molar-refractivity contribution is 5.97. The quantitative estimate of drug-likeness (QED) is 0.616. The van der Waals surface area contributed by atoms with E-state index in [4.69, 9.17) is 5.26 Å². The molecule has 0 saturated carbocycles. The van der Waals surface area contributed by atoms with Crippen LogP contribution < -0.4 is 0 Å². The van der Waals surface area contributed by atoms with Crippen molar-refractivity contribution in [2.75, 3.05) is 0 Å². The van der Waals surface area contributed by atoms with Crippen LogP contribution in [0, 0.1) is 11.3 Å². The number of carbonyl (C=O) groups excluding carboxylic acids is 1. The van der Waals surface area contributed by atoms with Gasteiger partial charge in [-0.1, -0.05) is 12.1 Å². The minimum absolute atomic E-state index is 0.127. The van der Waals surface area contributed by atoms with Gasteiger partial charge in [0, 0.05) is 0 Å². The summed E-state index contributed by atoms with van der Waals surface area (Å²) in [6.07, 6.45) is -9.17. The Balaban J connectivity index is 3.15. The van der Waals surface area contributed by atoms with Crippen LogP contribution in [0.3, 0.4) is 0 Å². The molecule has 20 heavy (non-hydrogen) atoms. The fourth-order valence-electron chi connectivity index (χ4n) is 1.26. The van der Waals surface area contributed by atoms with E-state index in [1.54, 1.807) is 0 Å². The van der Waals surface area contributed by atoms with Crippen LogP contribution >= 0.6 is 0 Å². The molecule has 0 aliphatic carbocycles. The molecule has 0 unspecified atom stereocenters. The minimum Gasteiger partial charge on any atom is -0.285 e. The van der Waals surface area contributed by atoms with Gasteiger partial charge in [0.1, 0.15) is 0 Å². The molecule has 1 rings (SSSR count). The summed E-state index contributed by atoms with van der Waals surface area (Å²) < 4.78 is 73.5. The predicted octanol–water partition coefficient (Wildman–Crippen LogP) is 3.72. The molecular formula is C12H5F6NO. The Morgan fingerprint density at radius 1 is 1.15 bits per heavy atom. The molecule has 0 aromatic heterocycles. The summed E-state index contributed by atoms with van der Waals surface area (Å²) in [5.74, 6) is -2.18. The Labute approximate surface area is 108 Å². The van der Waals surface area contributed by atoms with E-state index >= 15 is 0 Å². The summed E-state index contributed by atoms with van der Waals surface area (Å²) in [5, 5.41) is 8.53. The second-order valence-corrected chi connectivity index (χ2v) is 3.61. The van der Waals surface area contributed by atoms with Crippen molar-refractivity contribution < 1.29 is 31.1 Å². The molecule has 0 heterocycles. The van der Waals surface area contributed by atoms with E-state index in [1.807, 2.05) is 0 Å². The minimum atomic E-state index is -5.09. The van der Waals surface area contributed by atoms with Gasteiger partial charge in [-0.25, -0.2) is 0 Å². The second kappa shape index (κ2) is 5.36. The highest BCUT2D eigenvalue weighted by atomic mass is 19.4. The highest BCUT2D eigenvalue weighted by Gasteiger charge is 2.36. The van der Waals surface area contributed by atoms with Crippen LogP contribution in [0.1, 0.15) is 16.7 Å². The van der Waals surface area contributed by atoms with Gasteiger partial charge in [0.05, 0.1) is 17.2 Å². The van der Waals surface area contributed by atoms with Crippen LogP contribution in [0.4, 0.5) is 26.3 Å². The zero-order valence-electron chi connectivity index (χ0n) is 9.51. The summed E-state index contributed by atoms with van der Waals surface area (Å²) in [7, 11) is 0. The Bertz CT molecular complexity index is 591. The van der Waals surface area contributed by atoms with Crippen molar-refractivity contribution >= 4 is 11.9 Å². The van der Waals surface area contributed by atoms with E-state index in [-0.39, 0.29) is 11.6 Å². The molecule has 106 valence electrons. The van der Waals surface area contributed by atoms with Gasteiger partial charge in [0.2, 0.25) is 0 Å². The van der Waals surface area contributed by atoms with Crippen molar-refractivity contribution in [1.82, 2.24) is 0 Å².